The Bertz CT molecular complexity index is 137. The van der Waals surface area contributed by atoms with Crippen molar-refractivity contribution < 1.29 is 18.0 Å². The first-order chi connectivity index (χ1) is 6.24. The Balaban J connectivity index is 3.81. The zero-order valence-electron chi connectivity index (χ0n) is 8.70. The molecule has 0 aliphatic rings. The van der Waals surface area contributed by atoms with E-state index in [0.717, 1.165) is 0 Å². The first kappa shape index (κ1) is 12.6. The zero-order valence-corrected chi connectivity index (χ0v) is 9.70. The average molecular weight is 206 g/mol. The summed E-state index contributed by atoms with van der Waals surface area (Å²) in [5.74, 6) is 0. The van der Waals surface area contributed by atoms with Gasteiger partial charge in [-0.25, -0.2) is 0 Å². The molecule has 0 saturated heterocycles. The van der Waals surface area contributed by atoms with Crippen LogP contribution < -0.4 is 0 Å². The predicted molar refractivity (Wildman–Crippen MR) is 52.4 cm³/mol. The van der Waals surface area contributed by atoms with Crippen molar-refractivity contribution in [3.05, 3.63) is 12.3 Å². The fourth-order valence-electron chi connectivity index (χ4n) is 0.904. The van der Waals surface area contributed by atoms with Crippen molar-refractivity contribution in [3.63, 3.8) is 0 Å². The van der Waals surface area contributed by atoms with Gasteiger partial charge in [0.05, 0.1) is 18.9 Å². The van der Waals surface area contributed by atoms with Crippen LogP contribution in [0.1, 0.15) is 6.92 Å². The van der Waals surface area contributed by atoms with Gasteiger partial charge in [-0.3, -0.25) is 0 Å². The van der Waals surface area contributed by atoms with Gasteiger partial charge in [-0.2, -0.15) is 0 Å². The molecular formula is C8H18O4Si. The molecule has 0 aliphatic carbocycles. The topological polar surface area (TPSA) is 36.9 Å². The van der Waals surface area contributed by atoms with Gasteiger partial charge in [0.1, 0.15) is 0 Å². The standard InChI is InChI=1S/C8H18O4Si/c1-5-6-12-7-8-13(9-2,10-3)11-4/h5-6H,7-8H2,1-4H3/b6-5-. The van der Waals surface area contributed by atoms with Crippen molar-refractivity contribution in [1.29, 1.82) is 0 Å². The molecule has 0 aliphatic heterocycles. The van der Waals surface area contributed by atoms with Crippen LogP contribution in [0.15, 0.2) is 12.3 Å². The van der Waals surface area contributed by atoms with Crippen LogP contribution in [0.2, 0.25) is 6.04 Å². The zero-order chi connectivity index (χ0) is 10.2. The molecule has 13 heavy (non-hydrogen) atoms. The molecule has 0 radical (unpaired) electrons. The Kier molecular flexibility index (Phi) is 6.88. The van der Waals surface area contributed by atoms with Gasteiger partial charge in [-0.05, 0) is 6.92 Å². The van der Waals surface area contributed by atoms with Gasteiger partial charge in [-0.15, -0.1) is 0 Å². The van der Waals surface area contributed by atoms with Gasteiger partial charge >= 0.3 is 8.80 Å². The van der Waals surface area contributed by atoms with Crippen LogP contribution in [0.4, 0.5) is 0 Å². The summed E-state index contributed by atoms with van der Waals surface area (Å²) in [4.78, 5) is 0. The van der Waals surface area contributed by atoms with Gasteiger partial charge in [0.25, 0.3) is 0 Å². The van der Waals surface area contributed by atoms with Crippen LogP contribution in [-0.2, 0) is 18.0 Å². The Hall–Kier alpha value is -0.363. The molecule has 0 amide bonds. The van der Waals surface area contributed by atoms with Crippen molar-refractivity contribution in [2.75, 3.05) is 27.9 Å². The van der Waals surface area contributed by atoms with Crippen LogP contribution in [-0.4, -0.2) is 36.7 Å². The maximum absolute atomic E-state index is 5.21. The van der Waals surface area contributed by atoms with Gasteiger partial charge < -0.3 is 18.0 Å². The summed E-state index contributed by atoms with van der Waals surface area (Å²) in [6.45, 7) is 2.44. The average Bonchev–Trinajstić information content (AvgIpc) is 2.20. The predicted octanol–water partition coefficient (Wildman–Crippen LogP) is 1.41. The lowest BCUT2D eigenvalue weighted by atomic mass is 10.7. The summed E-state index contributed by atoms with van der Waals surface area (Å²) in [6, 6.07) is 0.654. The Morgan fingerprint density at radius 2 is 1.62 bits per heavy atom. The van der Waals surface area contributed by atoms with Crippen LogP contribution in [0.3, 0.4) is 0 Å². The highest BCUT2D eigenvalue weighted by Gasteiger charge is 2.37. The number of hydrogen-bond donors (Lipinski definition) is 0. The van der Waals surface area contributed by atoms with E-state index in [1.165, 1.54) is 0 Å². The van der Waals surface area contributed by atoms with Gasteiger partial charge in [0.15, 0.2) is 0 Å². The van der Waals surface area contributed by atoms with Crippen LogP contribution in [0, 0.1) is 0 Å². The van der Waals surface area contributed by atoms with Gasteiger partial charge in [0, 0.05) is 21.3 Å². The van der Waals surface area contributed by atoms with E-state index in [0.29, 0.717) is 12.7 Å². The quantitative estimate of drug-likeness (QED) is 0.358. The largest absolute Gasteiger partial charge is 0.503 e. The van der Waals surface area contributed by atoms with Crippen LogP contribution in [0.25, 0.3) is 0 Å². The summed E-state index contributed by atoms with van der Waals surface area (Å²) in [7, 11) is 2.35. The van der Waals surface area contributed by atoms with E-state index < -0.39 is 8.80 Å². The van der Waals surface area contributed by atoms with E-state index in [4.69, 9.17) is 18.0 Å². The fraction of sp³-hybridized carbons (Fsp3) is 0.750. The van der Waals surface area contributed by atoms with E-state index in [9.17, 15) is 0 Å². The molecule has 0 aromatic rings. The van der Waals surface area contributed by atoms with E-state index in [1.807, 2.05) is 13.0 Å². The number of allylic oxidation sites excluding steroid dienone is 1. The molecule has 5 heteroatoms. The molecule has 0 saturated carbocycles. The molecule has 0 atom stereocenters. The molecule has 0 aromatic carbocycles. The smallest absolute Gasteiger partial charge is 0.502 e. The fourth-order valence-corrected chi connectivity index (χ4v) is 2.38. The first-order valence-corrected chi connectivity index (χ1v) is 6.06. The minimum atomic E-state index is -2.43. The van der Waals surface area contributed by atoms with E-state index in [1.54, 1.807) is 27.6 Å². The van der Waals surface area contributed by atoms with E-state index in [-0.39, 0.29) is 0 Å². The third-order valence-corrected chi connectivity index (χ3v) is 4.37. The third-order valence-electron chi connectivity index (χ3n) is 1.69. The lowest BCUT2D eigenvalue weighted by molar-refractivity contribution is 0.114. The van der Waals surface area contributed by atoms with Crippen molar-refractivity contribution in [2.24, 2.45) is 0 Å². The molecule has 0 spiro atoms. The lowest BCUT2D eigenvalue weighted by Gasteiger charge is -2.23. The minimum absolute atomic E-state index is 0.548. The molecule has 0 aromatic heterocycles. The summed E-state index contributed by atoms with van der Waals surface area (Å²) in [6.07, 6.45) is 3.47. The second-order valence-electron chi connectivity index (χ2n) is 2.39. The Labute approximate surface area is 80.8 Å². The van der Waals surface area contributed by atoms with Crippen molar-refractivity contribution in [2.45, 2.75) is 13.0 Å². The normalized spacial score (nSPS) is 12.3. The molecule has 0 heterocycles. The maximum Gasteiger partial charge on any atom is 0.503 e. The van der Waals surface area contributed by atoms with Crippen molar-refractivity contribution in [1.82, 2.24) is 0 Å². The molecule has 4 nitrogen and oxygen atoms in total. The second-order valence-corrected chi connectivity index (χ2v) is 5.48. The Morgan fingerprint density at radius 3 is 2.00 bits per heavy atom. The monoisotopic (exact) mass is 206 g/mol. The second kappa shape index (κ2) is 7.08. The molecule has 0 rings (SSSR count). The highest BCUT2D eigenvalue weighted by atomic mass is 28.4. The Morgan fingerprint density at radius 1 is 1.08 bits per heavy atom. The van der Waals surface area contributed by atoms with Crippen molar-refractivity contribution in [3.8, 4) is 0 Å². The summed E-state index contributed by atoms with van der Waals surface area (Å²) >= 11 is 0. The summed E-state index contributed by atoms with van der Waals surface area (Å²) in [5.41, 5.74) is 0. The van der Waals surface area contributed by atoms with E-state index in [2.05, 4.69) is 0 Å². The van der Waals surface area contributed by atoms with Crippen molar-refractivity contribution >= 4 is 8.80 Å². The molecule has 0 fully saturated rings. The molecule has 0 unspecified atom stereocenters. The van der Waals surface area contributed by atoms with Gasteiger partial charge in [-0.1, -0.05) is 6.08 Å². The maximum atomic E-state index is 5.21. The first-order valence-electron chi connectivity index (χ1n) is 4.13. The summed E-state index contributed by atoms with van der Waals surface area (Å²) in [5, 5.41) is 0. The highest BCUT2D eigenvalue weighted by Crippen LogP contribution is 2.12. The van der Waals surface area contributed by atoms with E-state index >= 15 is 0 Å². The minimum Gasteiger partial charge on any atom is -0.502 e. The molecule has 0 bridgehead atoms. The van der Waals surface area contributed by atoms with Crippen LogP contribution >= 0.6 is 0 Å². The molecule has 78 valence electrons. The lowest BCUT2D eigenvalue weighted by Crippen LogP contribution is -2.43. The third kappa shape index (κ3) is 4.42. The van der Waals surface area contributed by atoms with Crippen LogP contribution in [0.5, 0.6) is 0 Å². The number of hydrogen-bond acceptors (Lipinski definition) is 4. The summed E-state index contributed by atoms with van der Waals surface area (Å²) < 4.78 is 20.8. The highest BCUT2D eigenvalue weighted by molar-refractivity contribution is 6.60. The number of rotatable bonds is 7. The molecule has 0 N–H and O–H groups in total. The number of ether oxygens (including phenoxy) is 1. The molecular weight excluding hydrogens is 188 g/mol. The SMILES string of the molecule is C/C=C\OCC[Si](OC)(OC)OC. The van der Waals surface area contributed by atoms with Gasteiger partial charge in [0.2, 0.25) is 0 Å².